The fourth-order valence-corrected chi connectivity index (χ4v) is 3.49. The molecule has 1 aromatic carbocycles. The first-order chi connectivity index (χ1) is 7.51. The van der Waals surface area contributed by atoms with Gasteiger partial charge in [0, 0.05) is 24.3 Å². The van der Waals surface area contributed by atoms with Gasteiger partial charge in [0.1, 0.15) is 9.84 Å². The van der Waals surface area contributed by atoms with Gasteiger partial charge in [0.25, 0.3) is 0 Å². The molecule has 0 aliphatic carbocycles. The molecule has 0 heterocycles. The maximum atomic E-state index is 10.9. The highest BCUT2D eigenvalue weighted by Crippen LogP contribution is 2.13. The number of thioether (sulfide) groups is 1. The van der Waals surface area contributed by atoms with Crippen LogP contribution in [0.4, 0.5) is 0 Å². The van der Waals surface area contributed by atoms with Crippen molar-refractivity contribution >= 4 is 21.6 Å². The minimum atomic E-state index is -2.83. The Balaban J connectivity index is 2.37. The van der Waals surface area contributed by atoms with Crippen LogP contribution in [0.25, 0.3) is 0 Å². The predicted molar refractivity (Wildman–Crippen MR) is 70.2 cm³/mol. The van der Waals surface area contributed by atoms with E-state index >= 15 is 0 Å². The molecule has 0 unspecified atom stereocenters. The van der Waals surface area contributed by atoms with Gasteiger partial charge in [0.2, 0.25) is 0 Å². The van der Waals surface area contributed by atoms with E-state index in [2.05, 4.69) is 6.07 Å². The van der Waals surface area contributed by atoms with Crippen LogP contribution < -0.4 is 5.73 Å². The monoisotopic (exact) mass is 259 g/mol. The van der Waals surface area contributed by atoms with Crippen molar-refractivity contribution in [3.8, 4) is 0 Å². The van der Waals surface area contributed by atoms with Gasteiger partial charge < -0.3 is 5.73 Å². The van der Waals surface area contributed by atoms with E-state index in [4.69, 9.17) is 5.73 Å². The van der Waals surface area contributed by atoms with Gasteiger partial charge in [-0.1, -0.05) is 24.3 Å². The van der Waals surface area contributed by atoms with Crippen LogP contribution in [0.1, 0.15) is 11.1 Å². The number of sulfone groups is 1. The van der Waals surface area contributed by atoms with Crippen molar-refractivity contribution in [2.45, 2.75) is 12.3 Å². The number of benzene rings is 1. The summed E-state index contributed by atoms with van der Waals surface area (Å²) in [7, 11) is -2.83. The van der Waals surface area contributed by atoms with E-state index in [-0.39, 0.29) is 5.75 Å². The van der Waals surface area contributed by atoms with Gasteiger partial charge in [-0.15, -0.1) is 0 Å². The van der Waals surface area contributed by atoms with Crippen molar-refractivity contribution in [3.63, 3.8) is 0 Å². The van der Waals surface area contributed by atoms with Crippen molar-refractivity contribution in [2.75, 3.05) is 17.8 Å². The first kappa shape index (κ1) is 13.5. The third-order valence-corrected chi connectivity index (χ3v) is 4.33. The third kappa shape index (κ3) is 5.53. The zero-order valence-electron chi connectivity index (χ0n) is 9.35. The summed E-state index contributed by atoms with van der Waals surface area (Å²) >= 11 is 1.63. The Morgan fingerprint density at radius 2 is 2.00 bits per heavy atom. The average molecular weight is 259 g/mol. The van der Waals surface area contributed by atoms with Gasteiger partial charge in [-0.2, -0.15) is 11.8 Å². The van der Waals surface area contributed by atoms with Gasteiger partial charge in [0.15, 0.2) is 0 Å². The van der Waals surface area contributed by atoms with Crippen LogP contribution in [0, 0.1) is 0 Å². The highest BCUT2D eigenvalue weighted by Gasteiger charge is 2.02. The number of hydrogen-bond acceptors (Lipinski definition) is 4. The van der Waals surface area contributed by atoms with Gasteiger partial charge in [0.05, 0.1) is 5.75 Å². The summed E-state index contributed by atoms with van der Waals surface area (Å²) in [6.07, 6.45) is 1.27. The summed E-state index contributed by atoms with van der Waals surface area (Å²) in [6, 6.07) is 8.07. The molecular weight excluding hydrogens is 242 g/mol. The average Bonchev–Trinajstić information content (AvgIpc) is 2.23. The Bertz CT molecular complexity index is 429. The lowest BCUT2D eigenvalue weighted by Crippen LogP contribution is -2.05. The molecule has 90 valence electrons. The molecule has 0 atom stereocenters. The van der Waals surface area contributed by atoms with Gasteiger partial charge in [-0.25, -0.2) is 8.42 Å². The smallest absolute Gasteiger partial charge is 0.148 e. The van der Waals surface area contributed by atoms with E-state index in [1.54, 1.807) is 11.8 Å². The minimum absolute atomic E-state index is 0.244. The van der Waals surface area contributed by atoms with E-state index in [0.29, 0.717) is 12.3 Å². The zero-order chi connectivity index (χ0) is 12.0. The second-order valence-corrected chi connectivity index (χ2v) is 7.07. The fraction of sp³-hybridized carbons (Fsp3) is 0.455. The second kappa shape index (κ2) is 6.27. The molecule has 0 spiro atoms. The maximum absolute atomic E-state index is 10.9. The quantitative estimate of drug-likeness (QED) is 0.785. The van der Waals surface area contributed by atoms with Crippen molar-refractivity contribution in [2.24, 2.45) is 5.73 Å². The van der Waals surface area contributed by atoms with Crippen LogP contribution in [0.3, 0.4) is 0 Å². The molecule has 0 aliphatic rings. The Morgan fingerprint density at radius 3 is 2.62 bits per heavy atom. The molecule has 0 fully saturated rings. The predicted octanol–water partition coefficient (Wildman–Crippen LogP) is 1.42. The van der Waals surface area contributed by atoms with E-state index in [1.807, 2.05) is 18.2 Å². The zero-order valence-corrected chi connectivity index (χ0v) is 11.0. The Labute approximate surface area is 101 Å². The molecule has 5 heteroatoms. The van der Waals surface area contributed by atoms with Crippen LogP contribution in [-0.2, 0) is 22.1 Å². The second-order valence-electron chi connectivity index (χ2n) is 3.71. The maximum Gasteiger partial charge on any atom is 0.148 e. The highest BCUT2D eigenvalue weighted by atomic mass is 32.2. The van der Waals surface area contributed by atoms with Gasteiger partial charge in [-0.05, 0) is 11.1 Å². The van der Waals surface area contributed by atoms with Crippen molar-refractivity contribution < 1.29 is 8.42 Å². The Hall–Kier alpha value is -0.520. The molecule has 0 saturated heterocycles. The molecule has 1 aromatic rings. The van der Waals surface area contributed by atoms with Crippen LogP contribution >= 0.6 is 11.8 Å². The van der Waals surface area contributed by atoms with E-state index < -0.39 is 9.84 Å². The van der Waals surface area contributed by atoms with Crippen LogP contribution in [0.5, 0.6) is 0 Å². The normalized spacial score (nSPS) is 11.6. The summed E-state index contributed by atoms with van der Waals surface area (Å²) in [5.74, 6) is 1.73. The summed E-state index contributed by atoms with van der Waals surface area (Å²) in [5, 5.41) is 0. The third-order valence-electron chi connectivity index (χ3n) is 2.09. The van der Waals surface area contributed by atoms with E-state index in [1.165, 1.54) is 11.8 Å². The van der Waals surface area contributed by atoms with Crippen LogP contribution in [-0.4, -0.2) is 26.2 Å². The van der Waals surface area contributed by atoms with Crippen molar-refractivity contribution in [3.05, 3.63) is 35.4 Å². The Morgan fingerprint density at radius 1 is 1.31 bits per heavy atom. The topological polar surface area (TPSA) is 60.2 Å². The molecule has 1 rings (SSSR count). The summed E-state index contributed by atoms with van der Waals surface area (Å²) in [4.78, 5) is 0. The number of hydrogen-bond donors (Lipinski definition) is 1. The van der Waals surface area contributed by atoms with Gasteiger partial charge >= 0.3 is 0 Å². The number of rotatable bonds is 6. The fourth-order valence-electron chi connectivity index (χ4n) is 1.25. The summed E-state index contributed by atoms with van der Waals surface area (Å²) in [6.45, 7) is 0.543. The standard InChI is InChI=1S/C11H17NO2S2/c1-16(13,14)6-5-15-9-11-4-2-3-10(7-11)8-12/h2-4,7H,5-6,8-9,12H2,1H3. The molecule has 0 radical (unpaired) electrons. The van der Waals surface area contributed by atoms with Crippen molar-refractivity contribution in [1.82, 2.24) is 0 Å². The van der Waals surface area contributed by atoms with Crippen LogP contribution in [0.15, 0.2) is 24.3 Å². The molecule has 0 amide bonds. The summed E-state index contributed by atoms with van der Waals surface area (Å²) in [5.41, 5.74) is 7.85. The molecule has 3 nitrogen and oxygen atoms in total. The lowest BCUT2D eigenvalue weighted by atomic mass is 10.1. The minimum Gasteiger partial charge on any atom is -0.326 e. The van der Waals surface area contributed by atoms with E-state index in [9.17, 15) is 8.42 Å². The number of nitrogens with two attached hydrogens (primary N) is 1. The molecule has 16 heavy (non-hydrogen) atoms. The van der Waals surface area contributed by atoms with Gasteiger partial charge in [-0.3, -0.25) is 0 Å². The molecule has 0 aromatic heterocycles. The van der Waals surface area contributed by atoms with E-state index in [0.717, 1.165) is 11.3 Å². The first-order valence-electron chi connectivity index (χ1n) is 5.04. The molecule has 2 N–H and O–H groups in total. The molecule has 0 aliphatic heterocycles. The highest BCUT2D eigenvalue weighted by molar-refractivity contribution is 7.99. The lowest BCUT2D eigenvalue weighted by molar-refractivity contribution is 0.603. The van der Waals surface area contributed by atoms with Crippen molar-refractivity contribution in [1.29, 1.82) is 0 Å². The Kier molecular flexibility index (Phi) is 5.31. The largest absolute Gasteiger partial charge is 0.326 e. The molecule has 0 saturated carbocycles. The SMILES string of the molecule is CS(=O)(=O)CCSCc1cccc(CN)c1. The summed E-state index contributed by atoms with van der Waals surface area (Å²) < 4.78 is 21.8. The first-order valence-corrected chi connectivity index (χ1v) is 8.26. The lowest BCUT2D eigenvalue weighted by Gasteiger charge is -2.03. The molecular formula is C11H17NO2S2. The molecule has 0 bridgehead atoms. The van der Waals surface area contributed by atoms with Crippen LogP contribution in [0.2, 0.25) is 0 Å².